The number of nitrogens with zero attached hydrogens (tertiary/aromatic N) is 2. The minimum Gasteiger partial charge on any atom is -0.327 e. The molecule has 1 aromatic heterocycles. The summed E-state index contributed by atoms with van der Waals surface area (Å²) in [6, 6.07) is 0. The molecule has 1 aromatic rings. The van der Waals surface area contributed by atoms with Crippen LogP contribution in [0.1, 0.15) is 38.7 Å². The van der Waals surface area contributed by atoms with Crippen LogP contribution in [-0.4, -0.2) is 15.3 Å². The van der Waals surface area contributed by atoms with Crippen molar-refractivity contribution in [2.45, 2.75) is 45.6 Å². The first-order valence-electron chi connectivity index (χ1n) is 5.05. The van der Waals surface area contributed by atoms with Crippen LogP contribution in [0.5, 0.6) is 0 Å². The first kappa shape index (κ1) is 9.44. The van der Waals surface area contributed by atoms with Crippen molar-refractivity contribution in [3.63, 3.8) is 0 Å². The zero-order valence-corrected chi connectivity index (χ0v) is 9.00. The summed E-state index contributed by atoms with van der Waals surface area (Å²) in [5.41, 5.74) is 1.16. The van der Waals surface area contributed by atoms with Crippen molar-refractivity contribution in [2.24, 2.45) is 0 Å². The zero-order chi connectivity index (χ0) is 10.3. The minimum absolute atomic E-state index is 0.0768. The Morgan fingerprint density at radius 3 is 2.71 bits per heavy atom. The Morgan fingerprint density at radius 1 is 1.36 bits per heavy atom. The minimum atomic E-state index is 0.0768. The van der Waals surface area contributed by atoms with Crippen molar-refractivity contribution in [3.8, 4) is 0 Å². The Bertz CT molecular complexity index is 371. The average molecular weight is 192 g/mol. The molecule has 0 bridgehead atoms. The van der Waals surface area contributed by atoms with Crippen molar-refractivity contribution in [2.75, 3.05) is 0 Å². The van der Waals surface area contributed by atoms with E-state index in [0.717, 1.165) is 17.9 Å². The molecule has 1 aliphatic heterocycles. The first-order valence-corrected chi connectivity index (χ1v) is 5.05. The molecule has 2 heterocycles. The summed E-state index contributed by atoms with van der Waals surface area (Å²) in [5.74, 6) is 1.38. The number of carbonyl (C=O) groups is 1. The van der Waals surface area contributed by atoms with E-state index in [1.807, 2.05) is 10.8 Å². The second-order valence-electron chi connectivity index (χ2n) is 4.96. The van der Waals surface area contributed by atoms with Crippen LogP contribution in [0.4, 0.5) is 0 Å². The van der Waals surface area contributed by atoms with Crippen molar-refractivity contribution in [1.82, 2.24) is 9.55 Å². The number of hydrogen-bond acceptors (Lipinski definition) is 2. The second kappa shape index (κ2) is 2.94. The maximum absolute atomic E-state index is 11.2. The van der Waals surface area contributed by atoms with Crippen LogP contribution >= 0.6 is 0 Å². The van der Waals surface area contributed by atoms with Gasteiger partial charge in [0, 0.05) is 24.5 Å². The highest BCUT2D eigenvalue weighted by Gasteiger charge is 2.23. The predicted molar refractivity (Wildman–Crippen MR) is 54.3 cm³/mol. The van der Waals surface area contributed by atoms with E-state index in [1.54, 1.807) is 0 Å². The van der Waals surface area contributed by atoms with Gasteiger partial charge >= 0.3 is 0 Å². The van der Waals surface area contributed by atoms with Crippen molar-refractivity contribution >= 4 is 5.78 Å². The van der Waals surface area contributed by atoms with Crippen LogP contribution in [0, 0.1) is 0 Å². The molecule has 0 unspecified atom stereocenters. The van der Waals surface area contributed by atoms with E-state index < -0.39 is 0 Å². The SMILES string of the molecule is CC(C)(C)c1cn2c(n1)CCC(=O)C2. The fourth-order valence-corrected chi connectivity index (χ4v) is 1.67. The molecule has 0 fully saturated rings. The third-order valence-electron chi connectivity index (χ3n) is 2.60. The second-order valence-corrected chi connectivity index (χ2v) is 4.96. The van der Waals surface area contributed by atoms with Gasteiger partial charge in [-0.15, -0.1) is 0 Å². The number of aryl methyl sites for hydroxylation is 1. The third kappa shape index (κ3) is 1.59. The molecule has 0 saturated carbocycles. The third-order valence-corrected chi connectivity index (χ3v) is 2.60. The highest BCUT2D eigenvalue weighted by Crippen LogP contribution is 2.23. The van der Waals surface area contributed by atoms with Crippen molar-refractivity contribution in [3.05, 3.63) is 17.7 Å². The Kier molecular flexibility index (Phi) is 1.98. The monoisotopic (exact) mass is 192 g/mol. The summed E-state index contributed by atoms with van der Waals surface area (Å²) in [6.07, 6.45) is 3.47. The zero-order valence-electron chi connectivity index (χ0n) is 9.00. The highest BCUT2D eigenvalue weighted by molar-refractivity contribution is 5.79. The summed E-state index contributed by atoms with van der Waals surface area (Å²) >= 11 is 0. The lowest BCUT2D eigenvalue weighted by Gasteiger charge is -2.13. The van der Waals surface area contributed by atoms with Crippen LogP contribution in [-0.2, 0) is 23.2 Å². The number of aromatic nitrogens is 2. The Balaban J connectivity index is 2.37. The molecule has 0 atom stereocenters. The quantitative estimate of drug-likeness (QED) is 0.627. The number of Topliss-reactive ketones (excluding diaryl/α,β-unsaturated/α-hetero) is 1. The number of ketones is 1. The summed E-state index contributed by atoms with van der Waals surface area (Å²) in [7, 11) is 0. The van der Waals surface area contributed by atoms with E-state index in [1.165, 1.54) is 0 Å². The molecule has 76 valence electrons. The fraction of sp³-hybridized carbons (Fsp3) is 0.636. The van der Waals surface area contributed by atoms with E-state index in [2.05, 4.69) is 25.8 Å². The molecule has 0 amide bonds. The van der Waals surface area contributed by atoms with Crippen LogP contribution < -0.4 is 0 Å². The summed E-state index contributed by atoms with van der Waals surface area (Å²) < 4.78 is 1.99. The molecular formula is C11H16N2O. The topological polar surface area (TPSA) is 34.9 Å². The molecule has 0 spiro atoms. The number of carbonyl (C=O) groups excluding carboxylic acids is 1. The largest absolute Gasteiger partial charge is 0.327 e. The number of fused-ring (bicyclic) bond motifs is 1. The van der Waals surface area contributed by atoms with Crippen LogP contribution in [0.15, 0.2) is 6.20 Å². The molecule has 0 saturated heterocycles. The van der Waals surface area contributed by atoms with Gasteiger partial charge in [-0.25, -0.2) is 4.98 Å². The Hall–Kier alpha value is -1.12. The van der Waals surface area contributed by atoms with E-state index in [0.29, 0.717) is 18.7 Å². The molecule has 3 heteroatoms. The van der Waals surface area contributed by atoms with Gasteiger partial charge in [0.2, 0.25) is 0 Å². The Morgan fingerprint density at radius 2 is 2.07 bits per heavy atom. The van der Waals surface area contributed by atoms with Gasteiger partial charge in [0.05, 0.1) is 12.2 Å². The van der Waals surface area contributed by atoms with Gasteiger partial charge in [-0.3, -0.25) is 4.79 Å². The van der Waals surface area contributed by atoms with Crippen molar-refractivity contribution in [1.29, 1.82) is 0 Å². The summed E-state index contributed by atoms with van der Waals surface area (Å²) in [5, 5.41) is 0. The molecule has 3 nitrogen and oxygen atoms in total. The molecule has 0 aliphatic carbocycles. The number of imidazole rings is 1. The Labute approximate surface area is 84.1 Å². The van der Waals surface area contributed by atoms with Crippen LogP contribution in [0.25, 0.3) is 0 Å². The van der Waals surface area contributed by atoms with Gasteiger partial charge in [-0.1, -0.05) is 20.8 Å². The lowest BCUT2D eigenvalue weighted by molar-refractivity contribution is -0.120. The maximum atomic E-state index is 11.2. The first-order chi connectivity index (χ1) is 6.47. The number of rotatable bonds is 0. The lowest BCUT2D eigenvalue weighted by Crippen LogP contribution is -2.18. The maximum Gasteiger partial charge on any atom is 0.153 e. The molecular weight excluding hydrogens is 176 g/mol. The number of hydrogen-bond donors (Lipinski definition) is 0. The van der Waals surface area contributed by atoms with Gasteiger partial charge in [0.25, 0.3) is 0 Å². The molecule has 0 aromatic carbocycles. The predicted octanol–water partition coefficient (Wildman–Crippen LogP) is 1.70. The van der Waals surface area contributed by atoms with Gasteiger partial charge in [0.1, 0.15) is 5.82 Å². The molecule has 0 radical (unpaired) electrons. The van der Waals surface area contributed by atoms with Crippen LogP contribution in [0.3, 0.4) is 0 Å². The average Bonchev–Trinajstić information content (AvgIpc) is 2.45. The summed E-state index contributed by atoms with van der Waals surface area (Å²) in [6.45, 7) is 6.94. The molecule has 2 rings (SSSR count). The van der Waals surface area contributed by atoms with E-state index >= 15 is 0 Å². The van der Waals surface area contributed by atoms with E-state index in [9.17, 15) is 4.79 Å². The fourth-order valence-electron chi connectivity index (χ4n) is 1.67. The molecule has 0 N–H and O–H groups in total. The normalized spacial score (nSPS) is 16.9. The summed E-state index contributed by atoms with van der Waals surface area (Å²) in [4.78, 5) is 15.8. The van der Waals surface area contributed by atoms with Gasteiger partial charge in [0.15, 0.2) is 5.78 Å². The molecule has 14 heavy (non-hydrogen) atoms. The van der Waals surface area contributed by atoms with Crippen molar-refractivity contribution < 1.29 is 4.79 Å². The van der Waals surface area contributed by atoms with E-state index in [4.69, 9.17) is 0 Å². The van der Waals surface area contributed by atoms with Gasteiger partial charge in [-0.2, -0.15) is 0 Å². The van der Waals surface area contributed by atoms with E-state index in [-0.39, 0.29) is 5.41 Å². The smallest absolute Gasteiger partial charge is 0.153 e. The van der Waals surface area contributed by atoms with Gasteiger partial charge < -0.3 is 4.57 Å². The van der Waals surface area contributed by atoms with Gasteiger partial charge in [-0.05, 0) is 0 Å². The van der Waals surface area contributed by atoms with Crippen LogP contribution in [0.2, 0.25) is 0 Å². The highest BCUT2D eigenvalue weighted by atomic mass is 16.1. The standard InChI is InChI=1S/C11H16N2O/c1-11(2,3)9-7-13-6-8(14)4-5-10(13)12-9/h7H,4-6H2,1-3H3. The lowest BCUT2D eigenvalue weighted by atomic mass is 9.93. The molecule has 1 aliphatic rings.